The normalized spacial score (nSPS) is 22.1. The van der Waals surface area contributed by atoms with Crippen molar-refractivity contribution in [2.75, 3.05) is 13.6 Å². The molecule has 20 heavy (non-hydrogen) atoms. The van der Waals surface area contributed by atoms with E-state index >= 15 is 0 Å². The van der Waals surface area contributed by atoms with Crippen LogP contribution in [0.5, 0.6) is 0 Å². The van der Waals surface area contributed by atoms with Gasteiger partial charge in [-0.2, -0.15) is 0 Å². The predicted octanol–water partition coefficient (Wildman–Crippen LogP) is 1.21. The molecule has 1 saturated heterocycles. The zero-order chi connectivity index (χ0) is 14.5. The Morgan fingerprint density at radius 1 is 1.50 bits per heavy atom. The molecule has 3 rings (SSSR count). The number of hydrogen-bond donors (Lipinski definition) is 1. The van der Waals surface area contributed by atoms with Gasteiger partial charge in [-0.3, -0.25) is 4.79 Å². The number of imidazole rings is 1. The van der Waals surface area contributed by atoms with Gasteiger partial charge in [0.05, 0.1) is 28.3 Å². The summed E-state index contributed by atoms with van der Waals surface area (Å²) in [4.78, 5) is 28.9. The summed E-state index contributed by atoms with van der Waals surface area (Å²) in [5.74, 6) is -0.862. The fraction of sp³-hybridized carbons (Fsp3) is 0.357. The summed E-state index contributed by atoms with van der Waals surface area (Å²) in [6.45, 7) is 3.13. The number of benzene rings is 1. The number of carbonyl (C=O) groups excluding carboxylic acids is 1. The number of aromatic nitrogens is 2. The summed E-state index contributed by atoms with van der Waals surface area (Å²) >= 11 is 0. The van der Waals surface area contributed by atoms with Crippen molar-refractivity contribution in [1.82, 2.24) is 14.5 Å². The molecule has 1 atom stereocenters. The van der Waals surface area contributed by atoms with E-state index in [9.17, 15) is 9.59 Å². The molecule has 1 aromatic carbocycles. The maximum atomic E-state index is 11.9. The van der Waals surface area contributed by atoms with E-state index in [1.807, 2.05) is 11.5 Å². The summed E-state index contributed by atoms with van der Waals surface area (Å²) < 4.78 is 1.85. The van der Waals surface area contributed by atoms with Crippen LogP contribution in [0.25, 0.3) is 11.0 Å². The second kappa shape index (κ2) is 4.06. The average Bonchev–Trinajstić information content (AvgIpc) is 2.80. The molecule has 6 heteroatoms. The van der Waals surface area contributed by atoms with E-state index in [4.69, 9.17) is 5.11 Å². The number of nitrogens with zero attached hydrogens (tertiary/aromatic N) is 3. The Hall–Kier alpha value is -2.37. The molecule has 1 aliphatic heterocycles. The standard InChI is InChI=1S/C14H15N3O3/c1-14(6-16(2)13(14)20)7-17-8-15-10-4-3-9(12(18)19)5-11(10)17/h3-5,8H,6-7H2,1-2H3,(H,18,19). The third kappa shape index (κ3) is 1.76. The van der Waals surface area contributed by atoms with Crippen molar-refractivity contribution in [1.29, 1.82) is 0 Å². The lowest BCUT2D eigenvalue weighted by Crippen LogP contribution is -2.59. The number of hydrogen-bond acceptors (Lipinski definition) is 3. The highest BCUT2D eigenvalue weighted by atomic mass is 16.4. The monoisotopic (exact) mass is 273 g/mol. The molecule has 2 heterocycles. The highest BCUT2D eigenvalue weighted by molar-refractivity contribution is 5.92. The summed E-state index contributed by atoms with van der Waals surface area (Å²) in [7, 11) is 1.78. The molecular formula is C14H15N3O3. The zero-order valence-corrected chi connectivity index (χ0v) is 11.3. The SMILES string of the molecule is CN1CC(C)(Cn2cnc3ccc(C(=O)O)cc32)C1=O. The van der Waals surface area contributed by atoms with E-state index in [0.29, 0.717) is 13.1 Å². The number of likely N-dealkylation sites (tertiary alicyclic amines) is 1. The second-order valence-electron chi connectivity index (χ2n) is 5.60. The van der Waals surface area contributed by atoms with Crippen LogP contribution in [0.3, 0.4) is 0 Å². The van der Waals surface area contributed by atoms with Crippen molar-refractivity contribution in [2.45, 2.75) is 13.5 Å². The summed E-state index contributed by atoms with van der Waals surface area (Å²) in [6.07, 6.45) is 1.66. The number of rotatable bonds is 3. The average molecular weight is 273 g/mol. The largest absolute Gasteiger partial charge is 0.478 e. The number of carbonyl (C=O) groups is 2. The first-order valence-electron chi connectivity index (χ1n) is 6.34. The molecule has 1 fully saturated rings. The van der Waals surface area contributed by atoms with Crippen LogP contribution in [0.2, 0.25) is 0 Å². The van der Waals surface area contributed by atoms with Gasteiger partial charge >= 0.3 is 5.97 Å². The lowest BCUT2D eigenvalue weighted by molar-refractivity contribution is -0.157. The fourth-order valence-corrected chi connectivity index (χ4v) is 2.84. The minimum Gasteiger partial charge on any atom is -0.478 e. The van der Waals surface area contributed by atoms with Gasteiger partial charge in [-0.25, -0.2) is 9.78 Å². The number of carboxylic acid groups (broad SMARTS) is 1. The number of fused-ring (bicyclic) bond motifs is 1. The molecule has 2 aromatic rings. The van der Waals surface area contributed by atoms with Crippen LogP contribution in [0.4, 0.5) is 0 Å². The summed E-state index contributed by atoms with van der Waals surface area (Å²) in [5, 5.41) is 9.05. The minimum absolute atomic E-state index is 0.105. The summed E-state index contributed by atoms with van der Waals surface area (Å²) in [6, 6.07) is 4.82. The van der Waals surface area contributed by atoms with Gasteiger partial charge in [0.1, 0.15) is 0 Å². The van der Waals surface area contributed by atoms with Gasteiger partial charge in [-0.1, -0.05) is 0 Å². The molecule has 104 valence electrons. The molecule has 1 aliphatic rings. The van der Waals surface area contributed by atoms with Gasteiger partial charge in [-0.05, 0) is 25.1 Å². The van der Waals surface area contributed by atoms with Crippen LogP contribution in [-0.2, 0) is 11.3 Å². The lowest BCUT2D eigenvalue weighted by atomic mass is 9.81. The molecule has 0 spiro atoms. The highest BCUT2D eigenvalue weighted by Crippen LogP contribution is 2.33. The van der Waals surface area contributed by atoms with Gasteiger partial charge < -0.3 is 14.6 Å². The van der Waals surface area contributed by atoms with E-state index in [1.165, 1.54) is 6.07 Å². The quantitative estimate of drug-likeness (QED) is 0.853. The van der Waals surface area contributed by atoms with Crippen LogP contribution < -0.4 is 0 Å². The Balaban J connectivity index is 1.98. The molecule has 1 amide bonds. The Bertz CT molecular complexity index is 722. The van der Waals surface area contributed by atoms with E-state index in [0.717, 1.165) is 11.0 Å². The number of aromatic carboxylic acids is 1. The molecule has 1 aromatic heterocycles. The minimum atomic E-state index is -0.967. The van der Waals surface area contributed by atoms with Crippen LogP contribution in [0.15, 0.2) is 24.5 Å². The van der Waals surface area contributed by atoms with Crippen LogP contribution in [-0.4, -0.2) is 45.0 Å². The Kier molecular flexibility index (Phi) is 2.57. The Morgan fingerprint density at radius 3 is 2.85 bits per heavy atom. The van der Waals surface area contributed by atoms with Crippen LogP contribution in [0, 0.1) is 5.41 Å². The smallest absolute Gasteiger partial charge is 0.335 e. The molecule has 0 aliphatic carbocycles. The molecule has 6 nitrogen and oxygen atoms in total. The third-order valence-corrected chi connectivity index (χ3v) is 3.84. The van der Waals surface area contributed by atoms with Crippen LogP contribution in [0.1, 0.15) is 17.3 Å². The van der Waals surface area contributed by atoms with E-state index in [1.54, 1.807) is 30.4 Å². The number of β-lactam (4-membered cyclic amide) rings is 1. The predicted molar refractivity (Wildman–Crippen MR) is 72.4 cm³/mol. The number of carboxylic acids is 1. The first kappa shape index (κ1) is 12.7. The second-order valence-corrected chi connectivity index (χ2v) is 5.60. The summed E-state index contributed by atoms with van der Waals surface area (Å²) in [5.41, 5.74) is 1.27. The Morgan fingerprint density at radius 2 is 2.25 bits per heavy atom. The van der Waals surface area contributed by atoms with Crippen molar-refractivity contribution < 1.29 is 14.7 Å². The highest BCUT2D eigenvalue weighted by Gasteiger charge is 2.46. The van der Waals surface area contributed by atoms with Crippen molar-refractivity contribution in [2.24, 2.45) is 5.41 Å². The molecule has 0 radical (unpaired) electrons. The Labute approximate surface area is 115 Å². The third-order valence-electron chi connectivity index (χ3n) is 3.84. The molecule has 1 unspecified atom stereocenters. The lowest BCUT2D eigenvalue weighted by Gasteiger charge is -2.44. The van der Waals surface area contributed by atoms with Crippen molar-refractivity contribution >= 4 is 22.9 Å². The molecule has 0 bridgehead atoms. The van der Waals surface area contributed by atoms with E-state index < -0.39 is 11.4 Å². The molecular weight excluding hydrogens is 258 g/mol. The first-order chi connectivity index (χ1) is 9.40. The van der Waals surface area contributed by atoms with Crippen LogP contribution >= 0.6 is 0 Å². The van der Waals surface area contributed by atoms with E-state index in [-0.39, 0.29) is 11.5 Å². The first-order valence-corrected chi connectivity index (χ1v) is 6.34. The van der Waals surface area contributed by atoms with Crippen molar-refractivity contribution in [3.8, 4) is 0 Å². The van der Waals surface area contributed by atoms with Crippen molar-refractivity contribution in [3.05, 3.63) is 30.1 Å². The zero-order valence-electron chi connectivity index (χ0n) is 11.3. The van der Waals surface area contributed by atoms with Gasteiger partial charge in [0.15, 0.2) is 0 Å². The van der Waals surface area contributed by atoms with Gasteiger partial charge in [-0.15, -0.1) is 0 Å². The van der Waals surface area contributed by atoms with Crippen molar-refractivity contribution in [3.63, 3.8) is 0 Å². The van der Waals surface area contributed by atoms with Gasteiger partial charge in [0, 0.05) is 20.1 Å². The van der Waals surface area contributed by atoms with E-state index in [2.05, 4.69) is 4.98 Å². The number of amides is 1. The topological polar surface area (TPSA) is 75.4 Å². The van der Waals surface area contributed by atoms with Gasteiger partial charge in [0.2, 0.25) is 5.91 Å². The maximum Gasteiger partial charge on any atom is 0.335 e. The molecule has 0 saturated carbocycles. The van der Waals surface area contributed by atoms with Gasteiger partial charge in [0.25, 0.3) is 0 Å². The fourth-order valence-electron chi connectivity index (χ4n) is 2.84. The molecule has 1 N–H and O–H groups in total. The maximum absolute atomic E-state index is 11.9.